The zero-order chi connectivity index (χ0) is 19.4. The fourth-order valence-electron chi connectivity index (χ4n) is 4.42. The molecular weight excluding hydrogens is 330 g/mol. The van der Waals surface area contributed by atoms with Crippen LogP contribution in [0.4, 0.5) is 0 Å². The van der Waals surface area contributed by atoms with Gasteiger partial charge < -0.3 is 9.64 Å². The summed E-state index contributed by atoms with van der Waals surface area (Å²) in [6, 6.07) is 15.2. The van der Waals surface area contributed by atoms with Gasteiger partial charge in [0.25, 0.3) is 0 Å². The first-order valence-electron chi connectivity index (χ1n) is 10.4. The van der Waals surface area contributed by atoms with E-state index in [2.05, 4.69) is 82.0 Å². The Bertz CT molecular complexity index is 751. The number of hydrogen-bond donors (Lipinski definition) is 0. The molecule has 0 saturated carbocycles. The zero-order valence-corrected chi connectivity index (χ0v) is 17.7. The fraction of sp³-hybridized carbons (Fsp3) is 0.520. The molecule has 0 radical (unpaired) electrons. The van der Waals surface area contributed by atoms with Crippen LogP contribution in [0.3, 0.4) is 0 Å². The lowest BCUT2D eigenvalue weighted by atomic mass is 9.67. The van der Waals surface area contributed by atoms with Crippen LogP contribution in [0.1, 0.15) is 48.9 Å². The van der Waals surface area contributed by atoms with Gasteiger partial charge in [0.1, 0.15) is 5.75 Å². The van der Waals surface area contributed by atoms with Crippen LogP contribution in [0, 0.1) is 26.7 Å². The zero-order valence-electron chi connectivity index (χ0n) is 17.7. The first kappa shape index (κ1) is 19.9. The molecule has 0 amide bonds. The summed E-state index contributed by atoms with van der Waals surface area (Å²) >= 11 is 0. The quantitative estimate of drug-likeness (QED) is 0.611. The Morgan fingerprint density at radius 3 is 2.56 bits per heavy atom. The summed E-state index contributed by atoms with van der Waals surface area (Å²) in [7, 11) is 0. The second-order valence-electron chi connectivity index (χ2n) is 8.65. The minimum atomic E-state index is 0.228. The molecular formula is C25H35NO. The molecule has 2 aromatic rings. The first-order valence-corrected chi connectivity index (χ1v) is 10.4. The largest absolute Gasteiger partial charge is 0.494 e. The lowest BCUT2D eigenvalue weighted by molar-refractivity contribution is 0.102. The van der Waals surface area contributed by atoms with Crippen molar-refractivity contribution in [3.63, 3.8) is 0 Å². The smallest absolute Gasteiger partial charge is 0.119 e. The maximum absolute atomic E-state index is 5.92. The Hall–Kier alpha value is -1.80. The van der Waals surface area contributed by atoms with E-state index in [4.69, 9.17) is 4.74 Å². The Kier molecular flexibility index (Phi) is 6.26. The topological polar surface area (TPSA) is 12.5 Å². The van der Waals surface area contributed by atoms with Crippen molar-refractivity contribution in [3.8, 4) is 5.75 Å². The van der Waals surface area contributed by atoms with E-state index in [-0.39, 0.29) is 5.41 Å². The highest BCUT2D eigenvalue weighted by Crippen LogP contribution is 2.40. The summed E-state index contributed by atoms with van der Waals surface area (Å²) in [5, 5.41) is 0. The van der Waals surface area contributed by atoms with Gasteiger partial charge in [-0.25, -0.2) is 0 Å². The number of likely N-dealkylation sites (tertiary alicyclic amines) is 1. The van der Waals surface area contributed by atoms with E-state index in [1.165, 1.54) is 35.2 Å². The van der Waals surface area contributed by atoms with E-state index in [0.717, 1.165) is 31.9 Å². The average molecular weight is 366 g/mol. The molecule has 1 unspecified atom stereocenters. The number of ether oxygens (including phenoxy) is 1. The third-order valence-corrected chi connectivity index (χ3v) is 6.65. The number of benzene rings is 2. The van der Waals surface area contributed by atoms with Crippen LogP contribution in [-0.2, 0) is 5.41 Å². The van der Waals surface area contributed by atoms with E-state index in [1.54, 1.807) is 0 Å². The van der Waals surface area contributed by atoms with Gasteiger partial charge in [0.05, 0.1) is 6.61 Å². The van der Waals surface area contributed by atoms with Crippen molar-refractivity contribution in [1.82, 2.24) is 4.90 Å². The van der Waals surface area contributed by atoms with Gasteiger partial charge in [0.15, 0.2) is 0 Å². The molecule has 2 heteroatoms. The predicted octanol–water partition coefficient (Wildman–Crippen LogP) is 5.68. The van der Waals surface area contributed by atoms with Crippen molar-refractivity contribution in [2.45, 2.75) is 52.9 Å². The van der Waals surface area contributed by atoms with Crippen LogP contribution in [-0.4, -0.2) is 31.1 Å². The van der Waals surface area contributed by atoms with Crippen molar-refractivity contribution in [2.75, 3.05) is 26.2 Å². The van der Waals surface area contributed by atoms with Gasteiger partial charge in [-0.05, 0) is 74.9 Å². The molecule has 0 N–H and O–H groups in total. The van der Waals surface area contributed by atoms with Crippen LogP contribution in [0.2, 0.25) is 0 Å². The second kappa shape index (κ2) is 8.48. The van der Waals surface area contributed by atoms with Crippen LogP contribution >= 0.6 is 0 Å². The van der Waals surface area contributed by atoms with E-state index >= 15 is 0 Å². The number of aryl methyl sites for hydroxylation is 2. The van der Waals surface area contributed by atoms with Gasteiger partial charge in [-0.2, -0.15) is 0 Å². The highest BCUT2D eigenvalue weighted by Gasteiger charge is 2.39. The fourth-order valence-corrected chi connectivity index (χ4v) is 4.42. The standard InChI is InChI=1S/C25H35NO/c1-19-10-12-23(13-11-19)27-17-7-15-26-16-14-21(3)25(5,18-26)24-9-6-8-20(2)22(24)4/h6,8-13,21H,7,14-18H2,1-5H3/t21?,25-/m0/s1. The van der Waals surface area contributed by atoms with Crippen LogP contribution in [0.5, 0.6) is 5.75 Å². The molecule has 2 nitrogen and oxygen atoms in total. The Labute approximate surface area is 165 Å². The summed E-state index contributed by atoms with van der Waals surface area (Å²) in [5.41, 5.74) is 5.92. The molecule has 0 bridgehead atoms. The van der Waals surface area contributed by atoms with Crippen molar-refractivity contribution in [1.29, 1.82) is 0 Å². The molecule has 3 rings (SSSR count). The molecule has 1 saturated heterocycles. The molecule has 27 heavy (non-hydrogen) atoms. The third-order valence-electron chi connectivity index (χ3n) is 6.65. The Balaban J connectivity index is 1.58. The monoisotopic (exact) mass is 365 g/mol. The third kappa shape index (κ3) is 4.55. The lowest BCUT2D eigenvalue weighted by Gasteiger charge is -2.46. The molecule has 1 heterocycles. The second-order valence-corrected chi connectivity index (χ2v) is 8.65. The molecule has 1 aliphatic rings. The molecule has 1 aliphatic heterocycles. The number of hydrogen-bond acceptors (Lipinski definition) is 2. The van der Waals surface area contributed by atoms with Crippen LogP contribution in [0.25, 0.3) is 0 Å². The molecule has 146 valence electrons. The van der Waals surface area contributed by atoms with E-state index in [1.807, 2.05) is 0 Å². The minimum absolute atomic E-state index is 0.228. The summed E-state index contributed by atoms with van der Waals surface area (Å²) in [4.78, 5) is 2.64. The van der Waals surface area contributed by atoms with Gasteiger partial charge in [-0.3, -0.25) is 0 Å². The first-order chi connectivity index (χ1) is 12.9. The summed E-state index contributed by atoms with van der Waals surface area (Å²) < 4.78 is 5.92. The summed E-state index contributed by atoms with van der Waals surface area (Å²) in [5.74, 6) is 1.69. The Morgan fingerprint density at radius 1 is 1.07 bits per heavy atom. The lowest BCUT2D eigenvalue weighted by Crippen LogP contribution is -2.49. The highest BCUT2D eigenvalue weighted by molar-refractivity contribution is 5.39. The van der Waals surface area contributed by atoms with Crippen LogP contribution in [0.15, 0.2) is 42.5 Å². The van der Waals surface area contributed by atoms with Gasteiger partial charge in [0, 0.05) is 18.5 Å². The van der Waals surface area contributed by atoms with Gasteiger partial charge in [0.2, 0.25) is 0 Å². The van der Waals surface area contributed by atoms with Crippen molar-refractivity contribution >= 4 is 0 Å². The normalized spacial score (nSPS) is 23.4. The van der Waals surface area contributed by atoms with Gasteiger partial charge in [-0.15, -0.1) is 0 Å². The van der Waals surface area contributed by atoms with E-state index in [0.29, 0.717) is 5.92 Å². The number of nitrogens with zero attached hydrogens (tertiary/aromatic N) is 1. The predicted molar refractivity (Wildman–Crippen MR) is 115 cm³/mol. The maximum atomic E-state index is 5.92. The molecule has 0 aliphatic carbocycles. The molecule has 0 spiro atoms. The molecule has 1 fully saturated rings. The van der Waals surface area contributed by atoms with E-state index in [9.17, 15) is 0 Å². The number of piperidine rings is 1. The van der Waals surface area contributed by atoms with Crippen molar-refractivity contribution in [2.24, 2.45) is 5.92 Å². The van der Waals surface area contributed by atoms with Gasteiger partial charge >= 0.3 is 0 Å². The summed E-state index contributed by atoms with van der Waals surface area (Å²) in [6.07, 6.45) is 2.34. The van der Waals surface area contributed by atoms with Crippen molar-refractivity contribution < 1.29 is 4.74 Å². The SMILES string of the molecule is Cc1ccc(OCCCN2CCC(C)[C@@](C)(c3cccc(C)c3C)C2)cc1. The molecule has 2 atom stereocenters. The van der Waals surface area contributed by atoms with Gasteiger partial charge in [-0.1, -0.05) is 49.7 Å². The van der Waals surface area contributed by atoms with Crippen molar-refractivity contribution in [3.05, 3.63) is 64.7 Å². The maximum Gasteiger partial charge on any atom is 0.119 e. The highest BCUT2D eigenvalue weighted by atomic mass is 16.5. The molecule has 0 aromatic heterocycles. The van der Waals surface area contributed by atoms with Crippen LogP contribution < -0.4 is 4.74 Å². The average Bonchev–Trinajstić information content (AvgIpc) is 2.65. The summed E-state index contributed by atoms with van der Waals surface area (Å²) in [6.45, 7) is 15.8. The minimum Gasteiger partial charge on any atom is -0.494 e. The molecule has 2 aromatic carbocycles. The van der Waals surface area contributed by atoms with E-state index < -0.39 is 0 Å². The Morgan fingerprint density at radius 2 is 1.81 bits per heavy atom. The number of rotatable bonds is 6.